The third-order valence-electron chi connectivity index (χ3n) is 2.90. The van der Waals surface area contributed by atoms with Gasteiger partial charge in [-0.1, -0.05) is 47.5 Å². The lowest BCUT2D eigenvalue weighted by molar-refractivity contribution is 0.766. The fourth-order valence-electron chi connectivity index (χ4n) is 1.93. The first-order chi connectivity index (χ1) is 8.69. The van der Waals surface area contributed by atoms with Crippen molar-refractivity contribution in [3.8, 4) is 0 Å². The summed E-state index contributed by atoms with van der Waals surface area (Å²) in [5.74, 6) is 0.842. The van der Waals surface area contributed by atoms with Crippen molar-refractivity contribution in [1.82, 2.24) is 0 Å². The minimum atomic E-state index is 0.270. The van der Waals surface area contributed by atoms with Gasteiger partial charge in [0.1, 0.15) is 0 Å². The third-order valence-corrected chi connectivity index (χ3v) is 3.76. The highest BCUT2D eigenvalue weighted by Crippen LogP contribution is 2.25. The molecule has 0 bridgehead atoms. The molecule has 0 aromatic heterocycles. The first kappa shape index (κ1) is 13.7. The van der Waals surface area contributed by atoms with E-state index in [9.17, 15) is 0 Å². The van der Waals surface area contributed by atoms with Crippen LogP contribution < -0.4 is 0 Å². The molecule has 18 heavy (non-hydrogen) atoms. The number of rotatable bonds is 4. The third kappa shape index (κ3) is 3.65. The lowest BCUT2D eigenvalue weighted by Gasteiger charge is -2.14. The van der Waals surface area contributed by atoms with E-state index < -0.39 is 0 Å². The molecule has 2 aromatic rings. The SMILES string of the molecule is ClCC(Cc1ccc(Cl)cc1)c1cccc(Cl)c1. The van der Waals surface area contributed by atoms with Crippen LogP contribution in [0.25, 0.3) is 0 Å². The molecular formula is C15H13Cl3. The maximum Gasteiger partial charge on any atom is 0.0408 e. The monoisotopic (exact) mass is 298 g/mol. The van der Waals surface area contributed by atoms with Crippen LogP contribution in [0, 0.1) is 0 Å². The van der Waals surface area contributed by atoms with E-state index in [0.717, 1.165) is 16.5 Å². The van der Waals surface area contributed by atoms with Crippen LogP contribution in [-0.2, 0) is 6.42 Å². The Kier molecular flexibility index (Phi) is 4.94. The molecule has 94 valence electrons. The molecule has 0 aliphatic heterocycles. The summed E-state index contributed by atoms with van der Waals surface area (Å²) in [7, 11) is 0. The van der Waals surface area contributed by atoms with Crippen molar-refractivity contribution in [2.24, 2.45) is 0 Å². The van der Waals surface area contributed by atoms with Crippen molar-refractivity contribution in [2.75, 3.05) is 5.88 Å². The number of hydrogen-bond acceptors (Lipinski definition) is 0. The first-order valence-electron chi connectivity index (χ1n) is 5.75. The van der Waals surface area contributed by atoms with Crippen molar-refractivity contribution in [2.45, 2.75) is 12.3 Å². The molecule has 0 nitrogen and oxygen atoms in total. The van der Waals surface area contributed by atoms with E-state index in [1.165, 1.54) is 11.1 Å². The van der Waals surface area contributed by atoms with Gasteiger partial charge in [0, 0.05) is 21.8 Å². The second-order valence-corrected chi connectivity index (χ2v) is 5.42. The summed E-state index contributed by atoms with van der Waals surface area (Å²) in [5.41, 5.74) is 2.40. The summed E-state index contributed by atoms with van der Waals surface area (Å²) in [6, 6.07) is 15.7. The number of benzene rings is 2. The fraction of sp³-hybridized carbons (Fsp3) is 0.200. The smallest absolute Gasteiger partial charge is 0.0408 e. The predicted octanol–water partition coefficient (Wildman–Crippen LogP) is 5.56. The summed E-state index contributed by atoms with van der Waals surface area (Å²) >= 11 is 18.0. The van der Waals surface area contributed by atoms with Gasteiger partial charge in [0.2, 0.25) is 0 Å². The van der Waals surface area contributed by atoms with Crippen molar-refractivity contribution < 1.29 is 0 Å². The van der Waals surface area contributed by atoms with Gasteiger partial charge in [0.05, 0.1) is 0 Å². The molecule has 2 aromatic carbocycles. The molecule has 1 unspecified atom stereocenters. The molecule has 0 aliphatic rings. The fourth-order valence-corrected chi connectivity index (χ4v) is 2.54. The Bertz CT molecular complexity index is 505. The van der Waals surface area contributed by atoms with Crippen LogP contribution >= 0.6 is 34.8 Å². The van der Waals surface area contributed by atoms with Gasteiger partial charge in [-0.15, -0.1) is 11.6 Å². The van der Waals surface area contributed by atoms with Crippen LogP contribution in [0.2, 0.25) is 10.0 Å². The molecule has 0 saturated heterocycles. The van der Waals surface area contributed by atoms with Crippen LogP contribution in [-0.4, -0.2) is 5.88 Å². The number of halogens is 3. The average Bonchev–Trinajstić information content (AvgIpc) is 2.38. The van der Waals surface area contributed by atoms with E-state index in [2.05, 4.69) is 6.07 Å². The molecule has 0 aliphatic carbocycles. The Morgan fingerprint density at radius 3 is 2.22 bits per heavy atom. The maximum absolute atomic E-state index is 6.07. The van der Waals surface area contributed by atoms with E-state index in [-0.39, 0.29) is 5.92 Å². The Morgan fingerprint density at radius 2 is 1.61 bits per heavy atom. The quantitative estimate of drug-likeness (QED) is 0.648. The molecule has 3 heteroatoms. The lowest BCUT2D eigenvalue weighted by atomic mass is 9.94. The maximum atomic E-state index is 6.07. The number of alkyl halides is 1. The van der Waals surface area contributed by atoms with Gasteiger partial charge in [-0.2, -0.15) is 0 Å². The Hall–Kier alpha value is -0.690. The highest BCUT2D eigenvalue weighted by molar-refractivity contribution is 6.30. The summed E-state index contributed by atoms with van der Waals surface area (Å²) in [5, 5.41) is 1.50. The second kappa shape index (κ2) is 6.47. The van der Waals surface area contributed by atoms with Crippen LogP contribution in [0.4, 0.5) is 0 Å². The average molecular weight is 300 g/mol. The Morgan fingerprint density at radius 1 is 0.889 bits per heavy atom. The van der Waals surface area contributed by atoms with Gasteiger partial charge >= 0.3 is 0 Å². The molecular weight excluding hydrogens is 287 g/mol. The van der Waals surface area contributed by atoms with Crippen molar-refractivity contribution in [3.63, 3.8) is 0 Å². The van der Waals surface area contributed by atoms with E-state index in [1.54, 1.807) is 0 Å². The highest BCUT2D eigenvalue weighted by Gasteiger charge is 2.11. The Balaban J connectivity index is 2.17. The molecule has 1 atom stereocenters. The summed E-state index contributed by atoms with van der Waals surface area (Å²) in [4.78, 5) is 0. The van der Waals surface area contributed by atoms with Crippen LogP contribution in [0.5, 0.6) is 0 Å². The topological polar surface area (TPSA) is 0 Å². The molecule has 0 fully saturated rings. The van der Waals surface area contributed by atoms with Crippen molar-refractivity contribution >= 4 is 34.8 Å². The van der Waals surface area contributed by atoms with Crippen LogP contribution in [0.15, 0.2) is 48.5 Å². The van der Waals surface area contributed by atoms with Gasteiger partial charge in [-0.25, -0.2) is 0 Å². The zero-order chi connectivity index (χ0) is 13.0. The summed E-state index contributed by atoms with van der Waals surface area (Å²) in [6.45, 7) is 0. The molecule has 0 saturated carbocycles. The minimum absolute atomic E-state index is 0.270. The van der Waals surface area contributed by atoms with Crippen LogP contribution in [0.3, 0.4) is 0 Å². The molecule has 0 heterocycles. The molecule has 0 radical (unpaired) electrons. The predicted molar refractivity (Wildman–Crippen MR) is 80.1 cm³/mol. The molecule has 0 amide bonds. The standard InChI is InChI=1S/C15H13Cl3/c16-10-13(12-2-1-3-15(18)9-12)8-11-4-6-14(17)7-5-11/h1-7,9,13H,8,10H2. The number of hydrogen-bond donors (Lipinski definition) is 0. The molecule has 0 N–H and O–H groups in total. The van der Waals surface area contributed by atoms with Gasteiger partial charge < -0.3 is 0 Å². The van der Waals surface area contributed by atoms with Gasteiger partial charge in [0.15, 0.2) is 0 Å². The van der Waals surface area contributed by atoms with E-state index in [0.29, 0.717) is 5.88 Å². The van der Waals surface area contributed by atoms with Crippen molar-refractivity contribution in [1.29, 1.82) is 0 Å². The highest BCUT2D eigenvalue weighted by atomic mass is 35.5. The zero-order valence-electron chi connectivity index (χ0n) is 9.74. The van der Waals surface area contributed by atoms with Gasteiger partial charge in [-0.05, 0) is 41.8 Å². The Labute approximate surface area is 122 Å². The molecule has 2 rings (SSSR count). The van der Waals surface area contributed by atoms with Crippen molar-refractivity contribution in [3.05, 3.63) is 69.7 Å². The summed E-state index contributed by atoms with van der Waals surface area (Å²) < 4.78 is 0. The lowest BCUT2D eigenvalue weighted by Crippen LogP contribution is -2.04. The largest absolute Gasteiger partial charge is 0.126 e. The van der Waals surface area contributed by atoms with Crippen LogP contribution in [0.1, 0.15) is 17.0 Å². The van der Waals surface area contributed by atoms with E-state index >= 15 is 0 Å². The second-order valence-electron chi connectivity index (χ2n) is 4.24. The zero-order valence-corrected chi connectivity index (χ0v) is 12.0. The first-order valence-corrected chi connectivity index (χ1v) is 7.04. The molecule has 0 spiro atoms. The van der Waals surface area contributed by atoms with E-state index in [1.807, 2.05) is 42.5 Å². The minimum Gasteiger partial charge on any atom is -0.126 e. The van der Waals surface area contributed by atoms with Gasteiger partial charge in [0.25, 0.3) is 0 Å². The van der Waals surface area contributed by atoms with E-state index in [4.69, 9.17) is 34.8 Å². The summed E-state index contributed by atoms with van der Waals surface area (Å²) in [6.07, 6.45) is 0.890. The normalized spacial score (nSPS) is 12.4. The van der Waals surface area contributed by atoms with Gasteiger partial charge in [-0.3, -0.25) is 0 Å².